The zero-order valence-corrected chi connectivity index (χ0v) is 70.7. The Kier molecular flexibility index (Phi) is 34.6. The number of anilines is 2. The molecule has 12 aromatic carbocycles. The standard InChI is InChI=1S/C28H34FNO.C27H31FO2.C26H28O.C25H27ClFN/c1-21(2)31-27-19-13-24(14-20-27)28(23-11-15-25(29)16-12-23)8-6-5-7-22-9-17-26(18-10-22)30(3)4;1-20(2)30-26-18-12-23(13-19-26)27(22-10-14-24(28)15-11-22)7-5-4-6-21-8-16-25(29-3)17-9-21;1-26(23-11-4-2-5-12-23,24-13-6-3-7-14-24)18-9-8-10-21-15-16-25-22(20-21)17-19-27-25;1-28(2)24-17-7-19(8-18-24)5-3-4-6-25(20-9-13-22(26)14-10-20)21-11-15-23(27)16-12-21/h9-21,28H,5-8H2,1-4H3;8-20,27H,4-7H2,1-3H3;2-7,11-16,20H,8-10,17-19H2,1H3;7-18,25H,3-6H2,1-2H3. The minimum absolute atomic E-state index is 0.0638. The predicted molar refractivity (Wildman–Crippen MR) is 480 cm³/mol. The van der Waals surface area contributed by atoms with Crippen LogP contribution in [0.3, 0.4) is 0 Å². The highest BCUT2D eigenvalue weighted by atomic mass is 35.5. The van der Waals surface area contributed by atoms with Crippen molar-refractivity contribution in [1.29, 1.82) is 0 Å². The van der Waals surface area contributed by atoms with E-state index in [1.807, 2.05) is 113 Å². The zero-order chi connectivity index (χ0) is 82.0. The van der Waals surface area contributed by atoms with Gasteiger partial charge in [0.05, 0.1) is 25.9 Å². The average Bonchev–Trinajstić information content (AvgIpc) is 0.956. The van der Waals surface area contributed by atoms with Crippen molar-refractivity contribution in [2.75, 3.05) is 51.7 Å². The fraction of sp³-hybridized carbons (Fsp3) is 0.321. The van der Waals surface area contributed by atoms with Crippen molar-refractivity contribution in [3.63, 3.8) is 0 Å². The van der Waals surface area contributed by atoms with E-state index in [2.05, 4.69) is 221 Å². The van der Waals surface area contributed by atoms with Crippen LogP contribution in [0.2, 0.25) is 5.02 Å². The number of hydrogen-bond donors (Lipinski definition) is 0. The fourth-order valence-electron chi connectivity index (χ4n) is 15.5. The monoisotopic (exact) mass is 1580 g/mol. The van der Waals surface area contributed by atoms with Gasteiger partial charge in [0.1, 0.15) is 40.4 Å². The zero-order valence-electron chi connectivity index (χ0n) is 69.9. The summed E-state index contributed by atoms with van der Waals surface area (Å²) in [7, 11) is 9.92. The lowest BCUT2D eigenvalue weighted by atomic mass is 9.72. The molecule has 606 valence electrons. The third-order valence-electron chi connectivity index (χ3n) is 22.1. The predicted octanol–water partition coefficient (Wildman–Crippen LogP) is 27.8. The summed E-state index contributed by atoms with van der Waals surface area (Å²) in [4.78, 5) is 4.23. The molecule has 0 radical (unpaired) electrons. The molecule has 0 aliphatic carbocycles. The van der Waals surface area contributed by atoms with Crippen LogP contribution in [0.4, 0.5) is 24.5 Å². The number of fused-ring (bicyclic) bond motifs is 1. The summed E-state index contributed by atoms with van der Waals surface area (Å²) in [5.74, 6) is 3.92. The van der Waals surface area contributed by atoms with Gasteiger partial charge in [0.25, 0.3) is 0 Å². The molecule has 0 N–H and O–H groups in total. The van der Waals surface area contributed by atoms with Crippen LogP contribution in [-0.2, 0) is 37.5 Å². The van der Waals surface area contributed by atoms with Crippen LogP contribution in [0.15, 0.2) is 297 Å². The maximum absolute atomic E-state index is 13.5. The molecule has 3 atom stereocenters. The molecule has 0 spiro atoms. The lowest BCUT2D eigenvalue weighted by Gasteiger charge is -2.31. The van der Waals surface area contributed by atoms with Gasteiger partial charge in [-0.1, -0.05) is 226 Å². The van der Waals surface area contributed by atoms with E-state index in [0.29, 0.717) is 0 Å². The second-order valence-electron chi connectivity index (χ2n) is 31.9. The summed E-state index contributed by atoms with van der Waals surface area (Å²) in [5.41, 5.74) is 19.4. The molecule has 0 saturated heterocycles. The molecule has 0 aromatic heterocycles. The van der Waals surface area contributed by atoms with Crippen LogP contribution >= 0.6 is 11.6 Å². The van der Waals surface area contributed by atoms with Crippen molar-refractivity contribution in [3.05, 3.63) is 392 Å². The SMILES string of the molecule is CC(C)Oc1ccc(C(CCCCc2ccc(N(C)C)cc2)c2ccc(F)cc2)cc1.CC(CCCCc1ccc2c(c1)CCO2)(c1ccccc1)c1ccccc1.CN(C)c1ccc(CCCCC(c2ccc(F)cc2)c2ccc(Cl)cc2)cc1.COc1ccc(CCCCC(c2ccc(F)cc2)c2ccc(OC(C)C)cc2)cc1. The molecule has 10 heteroatoms. The van der Waals surface area contributed by atoms with Crippen molar-refractivity contribution in [3.8, 4) is 23.0 Å². The number of rotatable bonds is 35. The molecule has 0 bridgehead atoms. The van der Waals surface area contributed by atoms with Crippen LogP contribution < -0.4 is 28.7 Å². The Morgan fingerprint density at radius 2 is 0.690 bits per heavy atom. The number of hydrogen-bond acceptors (Lipinski definition) is 6. The summed E-state index contributed by atoms with van der Waals surface area (Å²) in [5, 5.41) is 0.739. The molecular formula is C106H120ClF3N2O4. The molecule has 1 aliphatic rings. The summed E-state index contributed by atoms with van der Waals surface area (Å²) in [6.45, 7) is 11.3. The van der Waals surface area contributed by atoms with Gasteiger partial charge in [0.2, 0.25) is 0 Å². The number of aryl methyl sites for hydroxylation is 4. The van der Waals surface area contributed by atoms with E-state index < -0.39 is 0 Å². The summed E-state index contributed by atoms with van der Waals surface area (Å²) in [6.07, 6.45) is 19.1. The first-order chi connectivity index (χ1) is 56.2. The Hall–Kier alpha value is -10.5. The van der Waals surface area contributed by atoms with Gasteiger partial charge < -0.3 is 28.7 Å². The lowest BCUT2D eigenvalue weighted by molar-refractivity contribution is 0.242. The quantitative estimate of drug-likeness (QED) is 0.0369. The van der Waals surface area contributed by atoms with Crippen molar-refractivity contribution in [1.82, 2.24) is 0 Å². The minimum Gasteiger partial charge on any atom is -0.497 e. The summed E-state index contributed by atoms with van der Waals surface area (Å²) < 4.78 is 62.7. The molecule has 3 unspecified atom stereocenters. The highest BCUT2D eigenvalue weighted by molar-refractivity contribution is 6.30. The lowest BCUT2D eigenvalue weighted by Crippen LogP contribution is -2.23. The van der Waals surface area contributed by atoms with E-state index in [0.717, 1.165) is 148 Å². The van der Waals surface area contributed by atoms with Crippen LogP contribution in [0, 0.1) is 17.5 Å². The molecule has 116 heavy (non-hydrogen) atoms. The van der Waals surface area contributed by atoms with Gasteiger partial charge in [-0.15, -0.1) is 0 Å². The topological polar surface area (TPSA) is 43.4 Å². The molecule has 0 amide bonds. The van der Waals surface area contributed by atoms with E-state index in [1.54, 1.807) is 43.5 Å². The highest BCUT2D eigenvalue weighted by Gasteiger charge is 2.28. The Balaban J connectivity index is 0.000000163. The second kappa shape index (κ2) is 45.7. The second-order valence-corrected chi connectivity index (χ2v) is 32.3. The highest BCUT2D eigenvalue weighted by Crippen LogP contribution is 2.39. The van der Waals surface area contributed by atoms with E-state index in [-0.39, 0.29) is 52.8 Å². The Morgan fingerprint density at radius 3 is 1.04 bits per heavy atom. The maximum atomic E-state index is 13.5. The number of nitrogens with zero attached hydrogens (tertiary/aromatic N) is 2. The van der Waals surface area contributed by atoms with Gasteiger partial charge in [-0.2, -0.15) is 0 Å². The normalized spacial score (nSPS) is 12.3. The van der Waals surface area contributed by atoms with Crippen LogP contribution in [0.5, 0.6) is 23.0 Å². The molecule has 1 heterocycles. The van der Waals surface area contributed by atoms with Crippen LogP contribution in [-0.4, -0.2) is 54.1 Å². The first-order valence-electron chi connectivity index (χ1n) is 41.8. The van der Waals surface area contributed by atoms with Gasteiger partial charge >= 0.3 is 0 Å². The molecule has 0 fully saturated rings. The van der Waals surface area contributed by atoms with Crippen LogP contribution in [0.25, 0.3) is 0 Å². The van der Waals surface area contributed by atoms with E-state index in [1.165, 1.54) is 79.9 Å². The Bertz CT molecular complexity index is 4670. The molecule has 6 nitrogen and oxygen atoms in total. The smallest absolute Gasteiger partial charge is 0.123 e. The molecular weight excluding hydrogens is 1460 g/mol. The number of benzene rings is 12. The van der Waals surface area contributed by atoms with E-state index in [9.17, 15) is 13.2 Å². The molecule has 12 aromatic rings. The van der Waals surface area contributed by atoms with Gasteiger partial charge in [-0.05, 0) is 292 Å². The molecule has 0 saturated carbocycles. The molecule has 13 rings (SSSR count). The maximum Gasteiger partial charge on any atom is 0.123 e. The number of ether oxygens (including phenoxy) is 4. The van der Waals surface area contributed by atoms with Gasteiger partial charge in [0.15, 0.2) is 0 Å². The number of unbranched alkanes of at least 4 members (excludes halogenated alkanes) is 4. The summed E-state index contributed by atoms with van der Waals surface area (Å²) >= 11 is 6.06. The first-order valence-corrected chi connectivity index (χ1v) is 42.2. The van der Waals surface area contributed by atoms with Gasteiger partial charge in [-0.25, -0.2) is 13.2 Å². The van der Waals surface area contributed by atoms with E-state index in [4.69, 9.17) is 30.5 Å². The third-order valence-corrected chi connectivity index (χ3v) is 22.3. The minimum atomic E-state index is -0.197. The third kappa shape index (κ3) is 27.9. The van der Waals surface area contributed by atoms with E-state index >= 15 is 0 Å². The van der Waals surface area contributed by atoms with Crippen LogP contribution in [0.1, 0.15) is 202 Å². The van der Waals surface area contributed by atoms with Crippen molar-refractivity contribution in [2.45, 2.75) is 179 Å². The Morgan fingerprint density at radius 1 is 0.371 bits per heavy atom. The number of halogens is 4. The Labute approximate surface area is 696 Å². The fourth-order valence-corrected chi connectivity index (χ4v) is 15.6. The number of methoxy groups -OCH3 is 1. The van der Waals surface area contributed by atoms with Gasteiger partial charge in [0, 0.05) is 74.2 Å². The van der Waals surface area contributed by atoms with Crippen molar-refractivity contribution < 1.29 is 32.1 Å². The van der Waals surface area contributed by atoms with Crippen molar-refractivity contribution in [2.24, 2.45) is 0 Å². The largest absolute Gasteiger partial charge is 0.497 e. The average molecular weight is 1580 g/mol. The van der Waals surface area contributed by atoms with Crippen molar-refractivity contribution >= 4 is 23.0 Å². The van der Waals surface area contributed by atoms with Gasteiger partial charge in [-0.3, -0.25) is 0 Å². The molecule has 1 aliphatic heterocycles. The summed E-state index contributed by atoms with van der Waals surface area (Å²) in [6, 6.07) is 100.0. The first kappa shape index (κ1) is 87.9.